The Morgan fingerprint density at radius 1 is 0.809 bits per heavy atom. The van der Waals surface area contributed by atoms with E-state index in [0.717, 1.165) is 24.8 Å². The molecule has 3 aromatic carbocycles. The number of benzene rings is 3. The van der Waals surface area contributed by atoms with Gasteiger partial charge in [-0.15, -0.1) is 0 Å². The lowest BCUT2D eigenvalue weighted by Crippen LogP contribution is -2.26. The van der Waals surface area contributed by atoms with Crippen molar-refractivity contribution in [3.63, 3.8) is 0 Å². The zero-order chi connectivity index (χ0) is 34.0. The quantitative estimate of drug-likeness (QED) is 0.0758. The molecule has 4 N–H and O–H groups in total. The van der Waals surface area contributed by atoms with Crippen molar-refractivity contribution in [3.8, 4) is 17.0 Å². The van der Waals surface area contributed by atoms with Gasteiger partial charge in [0.15, 0.2) is 0 Å². The zero-order valence-corrected chi connectivity index (χ0v) is 27.1. The Bertz CT molecular complexity index is 1730. The van der Waals surface area contributed by atoms with E-state index >= 15 is 0 Å². The lowest BCUT2D eigenvalue weighted by Gasteiger charge is -2.29. The second-order valence-corrected chi connectivity index (χ2v) is 11.2. The molecule has 0 saturated heterocycles. The van der Waals surface area contributed by atoms with Gasteiger partial charge in [-0.2, -0.15) is 0 Å². The van der Waals surface area contributed by atoms with E-state index in [4.69, 9.17) is 25.4 Å². The van der Waals surface area contributed by atoms with Crippen molar-refractivity contribution in [1.82, 2.24) is 4.98 Å². The molecule has 1 heterocycles. The van der Waals surface area contributed by atoms with Gasteiger partial charge in [-0.05, 0) is 72.9 Å². The summed E-state index contributed by atoms with van der Waals surface area (Å²) in [6, 6.07) is 23.5. The summed E-state index contributed by atoms with van der Waals surface area (Å²) >= 11 is 0. The number of nitrogen functional groups attached to an aromatic ring is 1. The van der Waals surface area contributed by atoms with E-state index < -0.39 is 17.8 Å². The highest BCUT2D eigenvalue weighted by Crippen LogP contribution is 2.33. The monoisotopic (exact) mass is 636 g/mol. The number of carbonyl (C=O) groups excluding carboxylic acids is 3. The molecule has 4 aromatic rings. The third-order valence-electron chi connectivity index (χ3n) is 8.49. The minimum absolute atomic E-state index is 0.00424. The van der Waals surface area contributed by atoms with Crippen LogP contribution in [0, 0.1) is 10.8 Å². The molecule has 47 heavy (non-hydrogen) atoms. The van der Waals surface area contributed by atoms with Gasteiger partial charge in [0.05, 0.1) is 24.8 Å². The summed E-state index contributed by atoms with van der Waals surface area (Å²) in [5.74, 6) is -1.74. The summed E-state index contributed by atoms with van der Waals surface area (Å²) < 4.78 is 16.7. The Morgan fingerprint density at radius 2 is 1.45 bits per heavy atom. The van der Waals surface area contributed by atoms with Gasteiger partial charge < -0.3 is 25.3 Å². The maximum absolute atomic E-state index is 13.7. The fourth-order valence-corrected chi connectivity index (χ4v) is 5.10. The van der Waals surface area contributed by atoms with Gasteiger partial charge in [0, 0.05) is 28.3 Å². The molecule has 0 spiro atoms. The van der Waals surface area contributed by atoms with E-state index in [1.807, 2.05) is 30.3 Å². The summed E-state index contributed by atoms with van der Waals surface area (Å²) in [6.07, 6.45) is 2.58. The topological polar surface area (TPSA) is 154 Å². The van der Waals surface area contributed by atoms with Crippen molar-refractivity contribution in [3.05, 3.63) is 113 Å². The minimum Gasteiger partial charge on any atom is -0.481 e. The second-order valence-electron chi connectivity index (χ2n) is 11.2. The summed E-state index contributed by atoms with van der Waals surface area (Å²) in [5.41, 5.74) is 8.03. The fourth-order valence-electron chi connectivity index (χ4n) is 5.10. The Hall–Kier alpha value is -5.51. The third kappa shape index (κ3) is 8.40. The highest BCUT2D eigenvalue weighted by Gasteiger charge is 2.28. The number of hydrogen-bond acceptors (Lipinski definition) is 8. The van der Waals surface area contributed by atoms with Crippen LogP contribution in [0.15, 0.2) is 84.9 Å². The van der Waals surface area contributed by atoms with Crippen molar-refractivity contribution < 1.29 is 28.6 Å². The average Bonchev–Trinajstić information content (AvgIpc) is 3.11. The molecule has 0 atom stereocenters. The molecule has 0 radical (unpaired) electrons. The molecular formula is C37H40N4O6. The van der Waals surface area contributed by atoms with Gasteiger partial charge in [-0.1, -0.05) is 57.2 Å². The Morgan fingerprint density at radius 3 is 2.06 bits per heavy atom. The van der Waals surface area contributed by atoms with Crippen LogP contribution in [0.3, 0.4) is 0 Å². The van der Waals surface area contributed by atoms with Gasteiger partial charge >= 0.3 is 11.9 Å². The van der Waals surface area contributed by atoms with Crippen LogP contribution in [-0.4, -0.2) is 42.4 Å². The molecule has 0 fully saturated rings. The first-order valence-electron chi connectivity index (χ1n) is 15.5. The lowest BCUT2D eigenvalue weighted by atomic mass is 9.81. The number of carbonyl (C=O) groups is 3. The second kappa shape index (κ2) is 15.7. The molecule has 244 valence electrons. The molecule has 10 nitrogen and oxygen atoms in total. The maximum Gasteiger partial charge on any atom is 0.339 e. The number of anilines is 1. The van der Waals surface area contributed by atoms with Crippen LogP contribution in [-0.2, 0) is 16.1 Å². The molecule has 0 aliphatic carbocycles. The van der Waals surface area contributed by atoms with Crippen molar-refractivity contribution in [2.75, 3.05) is 19.0 Å². The number of rotatable bonds is 14. The Kier molecular flexibility index (Phi) is 11.5. The van der Waals surface area contributed by atoms with Gasteiger partial charge in [0.1, 0.15) is 18.1 Å². The molecule has 0 aliphatic rings. The van der Waals surface area contributed by atoms with Crippen molar-refractivity contribution >= 4 is 29.4 Å². The number of aromatic nitrogens is 1. The number of hydrogen-bond donors (Lipinski definition) is 3. The average molecular weight is 637 g/mol. The first kappa shape index (κ1) is 34.4. The summed E-state index contributed by atoms with van der Waals surface area (Å²) in [7, 11) is 1.43. The number of nitrogens with zero attached hydrogens (tertiary/aromatic N) is 1. The molecule has 1 aromatic heterocycles. The van der Waals surface area contributed by atoms with E-state index in [-0.39, 0.29) is 47.2 Å². The standard InChI is InChI=1S/C37H40N4O6/c1-5-37(6-2,7-3)23-47-35(43)26-15-18-28(30(21-26)36(44)46-22-24-11-9-8-10-12-24)29-19-20-31(45-4)41-32(29)34(42)40-27-16-13-25(14-17-27)33(38)39/h8-21H,5-7,22-23H2,1-4H3,(H3,38,39)(H,40,42). The maximum atomic E-state index is 13.7. The molecule has 0 saturated carbocycles. The SMILES string of the molecule is CCC(CC)(CC)COC(=O)c1ccc(-c2ccc(OC)nc2C(=O)Nc2ccc(C(=N)N)cc2)c(C(=O)OCc2ccccc2)c1. The van der Waals surface area contributed by atoms with Crippen molar-refractivity contribution in [1.29, 1.82) is 5.41 Å². The number of amidine groups is 1. The van der Waals surface area contributed by atoms with Crippen molar-refractivity contribution in [2.45, 2.75) is 46.6 Å². The fraction of sp³-hybridized carbons (Fsp3) is 0.270. The van der Waals surface area contributed by atoms with E-state index in [2.05, 4.69) is 31.1 Å². The highest BCUT2D eigenvalue weighted by molar-refractivity contribution is 6.10. The number of methoxy groups -OCH3 is 1. The highest BCUT2D eigenvalue weighted by atomic mass is 16.5. The van der Waals surface area contributed by atoms with Crippen LogP contribution in [0.25, 0.3) is 11.1 Å². The zero-order valence-electron chi connectivity index (χ0n) is 27.1. The number of amides is 1. The van der Waals surface area contributed by atoms with E-state index in [9.17, 15) is 14.4 Å². The van der Waals surface area contributed by atoms with Crippen LogP contribution in [0.2, 0.25) is 0 Å². The van der Waals surface area contributed by atoms with Gasteiger partial charge in [-0.25, -0.2) is 14.6 Å². The first-order chi connectivity index (χ1) is 22.6. The third-order valence-corrected chi connectivity index (χ3v) is 8.49. The van der Waals surface area contributed by atoms with Crippen LogP contribution in [0.5, 0.6) is 5.88 Å². The predicted octanol–water partition coefficient (Wildman–Crippen LogP) is 7.02. The smallest absolute Gasteiger partial charge is 0.339 e. The van der Waals surface area contributed by atoms with Gasteiger partial charge in [0.2, 0.25) is 5.88 Å². The Labute approximate surface area is 274 Å². The number of ether oxygens (including phenoxy) is 3. The number of pyridine rings is 1. The number of esters is 2. The molecular weight excluding hydrogens is 596 g/mol. The minimum atomic E-state index is -0.689. The largest absolute Gasteiger partial charge is 0.481 e. The van der Waals surface area contributed by atoms with E-state index in [1.165, 1.54) is 13.2 Å². The lowest BCUT2D eigenvalue weighted by molar-refractivity contribution is 0.0246. The van der Waals surface area contributed by atoms with Crippen LogP contribution in [0.4, 0.5) is 5.69 Å². The molecule has 0 aliphatic heterocycles. The summed E-state index contributed by atoms with van der Waals surface area (Å²) in [5, 5.41) is 10.4. The number of nitrogens with one attached hydrogen (secondary N) is 2. The molecule has 4 rings (SSSR count). The first-order valence-corrected chi connectivity index (χ1v) is 15.5. The molecule has 0 unspecified atom stereocenters. The van der Waals surface area contributed by atoms with E-state index in [0.29, 0.717) is 22.4 Å². The number of nitrogens with two attached hydrogens (primary N) is 1. The molecule has 1 amide bonds. The van der Waals surface area contributed by atoms with Crippen LogP contribution in [0.1, 0.15) is 82.4 Å². The van der Waals surface area contributed by atoms with Crippen LogP contribution >= 0.6 is 0 Å². The normalized spacial score (nSPS) is 11.0. The van der Waals surface area contributed by atoms with Gasteiger partial charge in [-0.3, -0.25) is 10.2 Å². The van der Waals surface area contributed by atoms with E-state index in [1.54, 1.807) is 48.5 Å². The summed E-state index contributed by atoms with van der Waals surface area (Å²) in [6.45, 7) is 6.49. The molecule has 0 bridgehead atoms. The molecule has 10 heteroatoms. The Balaban J connectivity index is 1.74. The predicted molar refractivity (Wildman–Crippen MR) is 181 cm³/mol. The van der Waals surface area contributed by atoms with Crippen molar-refractivity contribution in [2.24, 2.45) is 11.1 Å². The van der Waals surface area contributed by atoms with Gasteiger partial charge in [0.25, 0.3) is 5.91 Å². The van der Waals surface area contributed by atoms with Crippen LogP contribution < -0.4 is 15.8 Å². The summed E-state index contributed by atoms with van der Waals surface area (Å²) in [4.78, 5) is 45.0.